The molecule has 0 aromatic carbocycles. The minimum Gasteiger partial charge on any atom is -0.462 e. The molecule has 0 saturated heterocycles. The fourth-order valence-corrected chi connectivity index (χ4v) is 9.67. The summed E-state index contributed by atoms with van der Waals surface area (Å²) in [4.78, 5) is 38.4. The molecule has 0 aromatic rings. The molecule has 0 amide bonds. The van der Waals surface area contributed by atoms with Gasteiger partial charge in [0, 0.05) is 19.3 Å². The normalized spacial score (nSPS) is 12.7. The molecule has 1 unspecified atom stereocenters. The molecule has 0 heterocycles. The molecule has 0 aromatic heterocycles. The maximum atomic E-state index is 13.0. The Hall–Kier alpha value is -3.67. The van der Waals surface area contributed by atoms with Crippen molar-refractivity contribution in [2.75, 3.05) is 13.2 Å². The fourth-order valence-electron chi connectivity index (χ4n) is 9.67. The zero-order chi connectivity index (χ0) is 57.8. The van der Waals surface area contributed by atoms with Crippen molar-refractivity contribution in [2.24, 2.45) is 0 Å². The average Bonchev–Trinajstić information content (AvgIpc) is 3.46. The van der Waals surface area contributed by atoms with Gasteiger partial charge in [-0.3, -0.25) is 14.4 Å². The van der Waals surface area contributed by atoms with Crippen LogP contribution in [0.15, 0.2) is 97.2 Å². The van der Waals surface area contributed by atoms with Crippen LogP contribution in [-0.2, 0) is 28.6 Å². The summed E-state index contributed by atoms with van der Waals surface area (Å²) in [5, 5.41) is 0. The number of hydrogen-bond donors (Lipinski definition) is 0. The molecule has 0 saturated carbocycles. The molecule has 0 spiro atoms. The molecule has 0 aliphatic heterocycles. The highest BCUT2D eigenvalue weighted by Crippen LogP contribution is 2.16. The molecule has 80 heavy (non-hydrogen) atoms. The van der Waals surface area contributed by atoms with Gasteiger partial charge in [0.1, 0.15) is 13.2 Å². The van der Waals surface area contributed by atoms with Gasteiger partial charge in [0.2, 0.25) is 0 Å². The third kappa shape index (κ3) is 65.1. The predicted octanol–water partition coefficient (Wildman–Crippen LogP) is 23.6. The number of unbranched alkanes of at least 4 members (excludes halogenated alkanes) is 35. The summed E-state index contributed by atoms with van der Waals surface area (Å²) in [5.41, 5.74) is 0. The van der Waals surface area contributed by atoms with Gasteiger partial charge in [-0.1, -0.05) is 291 Å². The average molecular weight is 1110 g/mol. The summed E-state index contributed by atoms with van der Waals surface area (Å²) >= 11 is 0. The van der Waals surface area contributed by atoms with Gasteiger partial charge in [-0.05, 0) is 122 Å². The van der Waals surface area contributed by atoms with E-state index >= 15 is 0 Å². The maximum absolute atomic E-state index is 13.0. The summed E-state index contributed by atoms with van der Waals surface area (Å²) in [6, 6.07) is 0. The van der Waals surface area contributed by atoms with Crippen LogP contribution in [0.2, 0.25) is 0 Å². The van der Waals surface area contributed by atoms with Crippen LogP contribution in [0.3, 0.4) is 0 Å². The van der Waals surface area contributed by atoms with Crippen molar-refractivity contribution in [3.05, 3.63) is 97.2 Å². The number of hydrogen-bond acceptors (Lipinski definition) is 6. The third-order valence-corrected chi connectivity index (χ3v) is 14.8. The lowest BCUT2D eigenvalue weighted by atomic mass is 10.0. The molecule has 6 heteroatoms. The van der Waals surface area contributed by atoms with Gasteiger partial charge in [0.05, 0.1) is 0 Å². The molecule has 1 atom stereocenters. The molecular formula is C74H128O6. The summed E-state index contributed by atoms with van der Waals surface area (Å²) < 4.78 is 17.0. The lowest BCUT2D eigenvalue weighted by Gasteiger charge is -2.18. The number of esters is 3. The standard InChI is InChI=1S/C74H128O6/c1-4-7-10-13-16-19-22-25-28-30-32-34-36-37-39-40-42-44-46-49-52-55-58-61-64-67-73(76)79-70-71(69-78-72(75)66-63-60-57-54-51-48-27-24-21-18-15-12-9-6-3)80-74(77)68-65-62-59-56-53-50-47-45-43-41-38-35-33-31-29-26-23-20-17-14-11-8-5-2/h7,10,16,19,23-28,31-34,37,39,71H,4-6,8-9,11-15,17-18,20-22,29-30,35-36,38,40-70H2,1-3H3/b10-7-,19-16-,26-23-,27-24-,28-25-,33-31-,34-32-,39-37-. The Morgan fingerprint density at radius 2 is 0.487 bits per heavy atom. The van der Waals surface area contributed by atoms with Crippen LogP contribution in [0, 0.1) is 0 Å². The van der Waals surface area contributed by atoms with Crippen molar-refractivity contribution in [3.63, 3.8) is 0 Å². The van der Waals surface area contributed by atoms with E-state index in [-0.39, 0.29) is 31.1 Å². The first-order valence-electron chi connectivity index (χ1n) is 34.2. The van der Waals surface area contributed by atoms with Crippen molar-refractivity contribution in [1.82, 2.24) is 0 Å². The van der Waals surface area contributed by atoms with E-state index in [0.717, 1.165) is 109 Å². The summed E-state index contributed by atoms with van der Waals surface area (Å²) in [6.45, 7) is 6.53. The second kappa shape index (κ2) is 67.8. The van der Waals surface area contributed by atoms with Gasteiger partial charge < -0.3 is 14.2 Å². The van der Waals surface area contributed by atoms with Crippen molar-refractivity contribution in [3.8, 4) is 0 Å². The Balaban J connectivity index is 4.34. The minimum absolute atomic E-state index is 0.0828. The zero-order valence-electron chi connectivity index (χ0n) is 52.8. The number of ether oxygens (including phenoxy) is 3. The maximum Gasteiger partial charge on any atom is 0.306 e. The topological polar surface area (TPSA) is 78.9 Å². The van der Waals surface area contributed by atoms with Crippen LogP contribution < -0.4 is 0 Å². The SMILES string of the molecule is CC/C=C\C/C=C\C/C=C\C/C=C\C/C=C\CCCCCCCCCCCC(=O)OCC(COC(=O)CCCCCCC/C=C\CCCCCCC)OC(=O)CCCCCCCCCCCCC/C=C\C/C=C\CCCCCCC. The Morgan fingerprint density at radius 3 is 0.775 bits per heavy atom. The van der Waals surface area contributed by atoms with E-state index in [1.54, 1.807) is 0 Å². The van der Waals surface area contributed by atoms with Crippen LogP contribution >= 0.6 is 0 Å². The van der Waals surface area contributed by atoms with E-state index in [1.165, 1.54) is 186 Å². The number of allylic oxidation sites excluding steroid dienone is 16. The fraction of sp³-hybridized carbons (Fsp3) is 0.743. The number of carbonyl (C=O) groups is 3. The monoisotopic (exact) mass is 1110 g/mol. The van der Waals surface area contributed by atoms with Crippen molar-refractivity contribution < 1.29 is 28.6 Å². The quantitative estimate of drug-likeness (QED) is 0.0261. The van der Waals surface area contributed by atoms with E-state index in [4.69, 9.17) is 14.2 Å². The lowest BCUT2D eigenvalue weighted by Crippen LogP contribution is -2.30. The molecule has 460 valence electrons. The Bertz CT molecular complexity index is 1560. The van der Waals surface area contributed by atoms with Gasteiger partial charge in [-0.15, -0.1) is 0 Å². The summed E-state index contributed by atoms with van der Waals surface area (Å²) in [5.74, 6) is -0.885. The highest BCUT2D eigenvalue weighted by molar-refractivity contribution is 5.71. The van der Waals surface area contributed by atoms with Crippen LogP contribution in [0.5, 0.6) is 0 Å². The van der Waals surface area contributed by atoms with E-state index in [2.05, 4.69) is 118 Å². The van der Waals surface area contributed by atoms with Gasteiger partial charge in [0.15, 0.2) is 6.10 Å². The van der Waals surface area contributed by atoms with Crippen molar-refractivity contribution in [2.45, 2.75) is 341 Å². The van der Waals surface area contributed by atoms with E-state index in [0.29, 0.717) is 19.3 Å². The van der Waals surface area contributed by atoms with Gasteiger partial charge >= 0.3 is 17.9 Å². The molecule has 0 aliphatic rings. The van der Waals surface area contributed by atoms with Crippen LogP contribution in [0.25, 0.3) is 0 Å². The number of rotatable bonds is 62. The lowest BCUT2D eigenvalue weighted by molar-refractivity contribution is -0.167. The van der Waals surface area contributed by atoms with Gasteiger partial charge in [-0.25, -0.2) is 0 Å². The smallest absolute Gasteiger partial charge is 0.306 e. The van der Waals surface area contributed by atoms with E-state index in [1.807, 2.05) is 0 Å². The molecule has 0 bridgehead atoms. The molecule has 0 N–H and O–H groups in total. The van der Waals surface area contributed by atoms with Crippen LogP contribution in [0.4, 0.5) is 0 Å². The first-order chi connectivity index (χ1) is 39.5. The molecule has 0 rings (SSSR count). The van der Waals surface area contributed by atoms with Crippen molar-refractivity contribution >= 4 is 17.9 Å². The highest BCUT2D eigenvalue weighted by atomic mass is 16.6. The zero-order valence-corrected chi connectivity index (χ0v) is 52.8. The summed E-state index contributed by atoms with van der Waals surface area (Å²) in [7, 11) is 0. The largest absolute Gasteiger partial charge is 0.462 e. The molecule has 0 aliphatic carbocycles. The van der Waals surface area contributed by atoms with Crippen molar-refractivity contribution in [1.29, 1.82) is 0 Å². The number of carbonyl (C=O) groups excluding carboxylic acids is 3. The Kier molecular flexibility index (Phi) is 64.7. The van der Waals surface area contributed by atoms with E-state index in [9.17, 15) is 14.4 Å². The molecule has 6 nitrogen and oxygen atoms in total. The molecule has 0 radical (unpaired) electrons. The third-order valence-electron chi connectivity index (χ3n) is 14.8. The summed E-state index contributed by atoms with van der Waals surface area (Å²) in [6.07, 6.45) is 91.3. The van der Waals surface area contributed by atoms with E-state index < -0.39 is 6.10 Å². The minimum atomic E-state index is -0.787. The Morgan fingerprint density at radius 1 is 0.263 bits per heavy atom. The Labute approximate surface area is 496 Å². The predicted molar refractivity (Wildman–Crippen MR) is 348 cm³/mol. The van der Waals surface area contributed by atoms with Gasteiger partial charge in [-0.2, -0.15) is 0 Å². The van der Waals surface area contributed by atoms with Crippen LogP contribution in [-0.4, -0.2) is 37.2 Å². The highest BCUT2D eigenvalue weighted by Gasteiger charge is 2.19. The first-order valence-corrected chi connectivity index (χ1v) is 34.2. The first kappa shape index (κ1) is 76.3. The second-order valence-corrected chi connectivity index (χ2v) is 22.7. The second-order valence-electron chi connectivity index (χ2n) is 22.7. The van der Waals surface area contributed by atoms with Crippen LogP contribution in [0.1, 0.15) is 335 Å². The molecule has 0 fully saturated rings. The molecular weight excluding hydrogens is 985 g/mol. The van der Waals surface area contributed by atoms with Gasteiger partial charge in [0.25, 0.3) is 0 Å².